The highest BCUT2D eigenvalue weighted by Crippen LogP contribution is 2.22. The highest BCUT2D eigenvalue weighted by atomic mass is 16.5. The molecule has 1 fully saturated rings. The van der Waals surface area contributed by atoms with Crippen molar-refractivity contribution in [3.05, 3.63) is 0 Å². The first-order chi connectivity index (χ1) is 6.54. The van der Waals surface area contributed by atoms with Crippen LogP contribution in [0, 0.1) is 0 Å². The SMILES string of the molecule is CC(=O)C[C@@H]1O[C@H](CO)C[C@H](O)[C@H]1O. The van der Waals surface area contributed by atoms with Crippen molar-refractivity contribution in [3.8, 4) is 0 Å². The minimum atomic E-state index is -1.04. The summed E-state index contributed by atoms with van der Waals surface area (Å²) in [6, 6.07) is 0. The Morgan fingerprint density at radius 2 is 2.14 bits per heavy atom. The number of rotatable bonds is 3. The van der Waals surface area contributed by atoms with Crippen molar-refractivity contribution in [3.63, 3.8) is 0 Å². The molecular weight excluding hydrogens is 188 g/mol. The van der Waals surface area contributed by atoms with Crippen LogP contribution in [0.1, 0.15) is 19.8 Å². The van der Waals surface area contributed by atoms with Crippen LogP contribution in [0.25, 0.3) is 0 Å². The van der Waals surface area contributed by atoms with Gasteiger partial charge in [0.15, 0.2) is 0 Å². The first-order valence-corrected chi connectivity index (χ1v) is 4.66. The number of ether oxygens (including phenoxy) is 1. The molecule has 4 atom stereocenters. The van der Waals surface area contributed by atoms with Gasteiger partial charge in [-0.15, -0.1) is 0 Å². The molecule has 5 nitrogen and oxygen atoms in total. The van der Waals surface area contributed by atoms with Crippen molar-refractivity contribution < 1.29 is 24.9 Å². The predicted octanol–water partition coefficient (Wildman–Crippen LogP) is -1.16. The molecule has 1 rings (SSSR count). The molecule has 0 radical (unpaired) electrons. The van der Waals surface area contributed by atoms with Gasteiger partial charge in [0, 0.05) is 12.8 Å². The summed E-state index contributed by atoms with van der Waals surface area (Å²) < 4.78 is 5.25. The molecule has 0 spiro atoms. The monoisotopic (exact) mass is 204 g/mol. The highest BCUT2D eigenvalue weighted by molar-refractivity contribution is 5.76. The Hall–Kier alpha value is -0.490. The molecule has 1 aliphatic heterocycles. The largest absolute Gasteiger partial charge is 0.394 e. The molecule has 0 aromatic rings. The number of aliphatic hydroxyl groups is 3. The van der Waals surface area contributed by atoms with Gasteiger partial charge in [-0.3, -0.25) is 4.79 Å². The van der Waals surface area contributed by atoms with Gasteiger partial charge >= 0.3 is 0 Å². The minimum Gasteiger partial charge on any atom is -0.394 e. The number of hydrogen-bond donors (Lipinski definition) is 3. The molecule has 1 heterocycles. The molecular formula is C9H16O5. The second kappa shape index (κ2) is 4.84. The van der Waals surface area contributed by atoms with E-state index in [9.17, 15) is 15.0 Å². The zero-order chi connectivity index (χ0) is 10.7. The van der Waals surface area contributed by atoms with E-state index in [2.05, 4.69) is 0 Å². The summed E-state index contributed by atoms with van der Waals surface area (Å²) in [6.07, 6.45) is -2.89. The van der Waals surface area contributed by atoms with Crippen LogP contribution in [0.2, 0.25) is 0 Å². The van der Waals surface area contributed by atoms with Crippen molar-refractivity contribution >= 4 is 5.78 Å². The predicted molar refractivity (Wildman–Crippen MR) is 47.7 cm³/mol. The first kappa shape index (κ1) is 11.6. The van der Waals surface area contributed by atoms with Crippen molar-refractivity contribution in [1.29, 1.82) is 0 Å². The van der Waals surface area contributed by atoms with Gasteiger partial charge in [-0.2, -0.15) is 0 Å². The summed E-state index contributed by atoms with van der Waals surface area (Å²) in [5, 5.41) is 27.7. The fourth-order valence-electron chi connectivity index (χ4n) is 1.61. The van der Waals surface area contributed by atoms with Crippen molar-refractivity contribution in [2.75, 3.05) is 6.61 Å². The normalized spacial score (nSPS) is 38.3. The Morgan fingerprint density at radius 3 is 2.64 bits per heavy atom. The molecule has 82 valence electrons. The smallest absolute Gasteiger partial charge is 0.132 e. The van der Waals surface area contributed by atoms with E-state index in [0.29, 0.717) is 0 Å². The van der Waals surface area contributed by atoms with E-state index >= 15 is 0 Å². The van der Waals surface area contributed by atoms with Crippen LogP contribution in [-0.2, 0) is 9.53 Å². The van der Waals surface area contributed by atoms with Crippen LogP contribution in [0.5, 0.6) is 0 Å². The number of aliphatic hydroxyl groups excluding tert-OH is 3. The molecule has 0 aromatic carbocycles. The summed E-state index contributed by atoms with van der Waals surface area (Å²) in [7, 11) is 0. The third-order valence-electron chi connectivity index (χ3n) is 2.34. The van der Waals surface area contributed by atoms with E-state index in [1.807, 2.05) is 0 Å². The number of carbonyl (C=O) groups is 1. The van der Waals surface area contributed by atoms with Gasteiger partial charge < -0.3 is 20.1 Å². The summed E-state index contributed by atoms with van der Waals surface area (Å²) in [5.74, 6) is -0.111. The second-order valence-electron chi connectivity index (χ2n) is 3.68. The number of Topliss-reactive ketones (excluding diaryl/α,β-unsaturated/α-hetero) is 1. The fraction of sp³-hybridized carbons (Fsp3) is 0.889. The Balaban J connectivity index is 2.57. The van der Waals surface area contributed by atoms with E-state index in [1.54, 1.807) is 0 Å². The van der Waals surface area contributed by atoms with Crippen LogP contribution in [-0.4, -0.2) is 52.1 Å². The molecule has 0 amide bonds. The Labute approximate surface area is 82.3 Å². The molecule has 1 aliphatic rings. The van der Waals surface area contributed by atoms with Crippen LogP contribution in [0.3, 0.4) is 0 Å². The number of carbonyl (C=O) groups excluding carboxylic acids is 1. The molecule has 0 aliphatic carbocycles. The molecule has 1 saturated heterocycles. The lowest BCUT2D eigenvalue weighted by atomic mass is 9.95. The van der Waals surface area contributed by atoms with Crippen LogP contribution in [0.4, 0.5) is 0 Å². The van der Waals surface area contributed by atoms with Crippen molar-refractivity contribution in [2.45, 2.75) is 44.2 Å². The van der Waals surface area contributed by atoms with Gasteiger partial charge in [-0.05, 0) is 6.92 Å². The maximum atomic E-state index is 10.8. The van der Waals surface area contributed by atoms with Gasteiger partial charge in [0.05, 0.1) is 24.9 Å². The zero-order valence-corrected chi connectivity index (χ0v) is 8.09. The van der Waals surface area contributed by atoms with E-state index < -0.39 is 24.4 Å². The Morgan fingerprint density at radius 1 is 1.50 bits per heavy atom. The zero-order valence-electron chi connectivity index (χ0n) is 8.09. The maximum Gasteiger partial charge on any atom is 0.132 e. The Kier molecular flexibility index (Phi) is 4.00. The molecule has 0 aromatic heterocycles. The molecule has 0 bridgehead atoms. The summed E-state index contributed by atoms with van der Waals surface area (Å²) in [6.45, 7) is 1.18. The minimum absolute atomic E-state index is 0.0642. The lowest BCUT2D eigenvalue weighted by Crippen LogP contribution is -2.49. The van der Waals surface area contributed by atoms with Crippen molar-refractivity contribution in [1.82, 2.24) is 0 Å². The lowest BCUT2D eigenvalue weighted by Gasteiger charge is -2.36. The summed E-state index contributed by atoms with van der Waals surface area (Å²) in [4.78, 5) is 10.8. The summed E-state index contributed by atoms with van der Waals surface area (Å²) >= 11 is 0. The third kappa shape index (κ3) is 2.75. The molecule has 0 saturated carbocycles. The van der Waals surface area contributed by atoms with Crippen molar-refractivity contribution in [2.24, 2.45) is 0 Å². The second-order valence-corrected chi connectivity index (χ2v) is 3.68. The quantitative estimate of drug-likeness (QED) is 0.539. The van der Waals surface area contributed by atoms with Gasteiger partial charge in [0.25, 0.3) is 0 Å². The maximum absolute atomic E-state index is 10.8. The highest BCUT2D eigenvalue weighted by Gasteiger charge is 2.36. The van der Waals surface area contributed by atoms with Gasteiger partial charge in [-0.1, -0.05) is 0 Å². The van der Waals surface area contributed by atoms with Crippen LogP contribution < -0.4 is 0 Å². The van der Waals surface area contributed by atoms with Gasteiger partial charge in [-0.25, -0.2) is 0 Å². The first-order valence-electron chi connectivity index (χ1n) is 4.66. The summed E-state index contributed by atoms with van der Waals surface area (Å²) in [5.41, 5.74) is 0. The van der Waals surface area contributed by atoms with Crippen LogP contribution >= 0.6 is 0 Å². The fourth-order valence-corrected chi connectivity index (χ4v) is 1.61. The van der Waals surface area contributed by atoms with E-state index in [-0.39, 0.29) is 25.2 Å². The van der Waals surface area contributed by atoms with Gasteiger partial charge in [0.1, 0.15) is 11.9 Å². The van der Waals surface area contributed by atoms with E-state index in [0.717, 1.165) is 0 Å². The van der Waals surface area contributed by atoms with Crippen LogP contribution in [0.15, 0.2) is 0 Å². The molecule has 0 unspecified atom stereocenters. The van der Waals surface area contributed by atoms with Gasteiger partial charge in [0.2, 0.25) is 0 Å². The van der Waals surface area contributed by atoms with E-state index in [4.69, 9.17) is 9.84 Å². The molecule has 5 heteroatoms. The average Bonchev–Trinajstić information content (AvgIpc) is 2.11. The number of hydrogen-bond acceptors (Lipinski definition) is 5. The molecule has 3 N–H and O–H groups in total. The number of ketones is 1. The molecule has 14 heavy (non-hydrogen) atoms. The third-order valence-corrected chi connectivity index (χ3v) is 2.34. The average molecular weight is 204 g/mol. The topological polar surface area (TPSA) is 87.0 Å². The standard InChI is InChI=1S/C9H16O5/c1-5(11)2-8-9(13)7(12)3-6(4-10)14-8/h6-10,12-13H,2-4H2,1H3/t6-,7-,8-,9+/m0/s1. The Bertz CT molecular complexity index is 205. The lowest BCUT2D eigenvalue weighted by molar-refractivity contribution is -0.179. The van der Waals surface area contributed by atoms with E-state index in [1.165, 1.54) is 6.92 Å².